The van der Waals surface area contributed by atoms with Gasteiger partial charge in [-0.2, -0.15) is 5.26 Å². The standard InChI is InChI=1S/C28H34N4O5/c1-18(2)15-36-28(3)16-30-14-25(35-17-28)26(33)31-22(13-29)11-19-5-7-20(8-6-19)21-9-10-24-23(12-21)32(4)27(34)37-24/h5-10,12,18,22,25,30H,11,14-17H2,1-4H3,(H,31,33)/t22-,25-,28-/m0/s1. The zero-order valence-electron chi connectivity index (χ0n) is 21.7. The van der Waals surface area contributed by atoms with Crippen molar-refractivity contribution in [1.29, 1.82) is 5.26 Å². The molecule has 1 aromatic heterocycles. The molecule has 196 valence electrons. The van der Waals surface area contributed by atoms with Crippen molar-refractivity contribution in [2.75, 3.05) is 26.3 Å². The van der Waals surface area contributed by atoms with Crippen LogP contribution >= 0.6 is 0 Å². The first kappa shape index (κ1) is 26.6. The summed E-state index contributed by atoms with van der Waals surface area (Å²) < 4.78 is 18.5. The van der Waals surface area contributed by atoms with E-state index in [0.29, 0.717) is 44.2 Å². The topological polar surface area (TPSA) is 119 Å². The number of rotatable bonds is 8. The van der Waals surface area contributed by atoms with Gasteiger partial charge in [-0.3, -0.25) is 9.36 Å². The predicted molar refractivity (Wildman–Crippen MR) is 140 cm³/mol. The number of aromatic nitrogens is 1. The monoisotopic (exact) mass is 506 g/mol. The van der Waals surface area contributed by atoms with Crippen LogP contribution in [0.15, 0.2) is 51.7 Å². The van der Waals surface area contributed by atoms with Crippen LogP contribution in [0.3, 0.4) is 0 Å². The lowest BCUT2D eigenvalue weighted by molar-refractivity contribution is -0.138. The predicted octanol–water partition coefficient (Wildman–Crippen LogP) is 2.77. The number of benzene rings is 2. The van der Waals surface area contributed by atoms with E-state index in [9.17, 15) is 14.9 Å². The normalized spacial score (nSPS) is 20.9. The van der Waals surface area contributed by atoms with Gasteiger partial charge in [-0.05, 0) is 41.7 Å². The fraction of sp³-hybridized carbons (Fsp3) is 0.464. The first-order chi connectivity index (χ1) is 17.7. The molecule has 3 atom stereocenters. The van der Waals surface area contributed by atoms with Crippen LogP contribution in [0, 0.1) is 17.2 Å². The van der Waals surface area contributed by atoms with Gasteiger partial charge in [-0.15, -0.1) is 0 Å². The summed E-state index contributed by atoms with van der Waals surface area (Å²) in [7, 11) is 1.67. The Morgan fingerprint density at radius 3 is 2.70 bits per heavy atom. The van der Waals surface area contributed by atoms with E-state index in [0.717, 1.165) is 22.2 Å². The Bertz CT molecular complexity index is 1340. The summed E-state index contributed by atoms with van der Waals surface area (Å²) in [6.45, 7) is 7.99. The summed E-state index contributed by atoms with van der Waals surface area (Å²) in [5, 5.41) is 15.7. The lowest BCUT2D eigenvalue weighted by Gasteiger charge is -2.29. The highest BCUT2D eigenvalue weighted by molar-refractivity contribution is 5.82. The van der Waals surface area contributed by atoms with Crippen LogP contribution in [0.5, 0.6) is 0 Å². The zero-order valence-corrected chi connectivity index (χ0v) is 21.7. The summed E-state index contributed by atoms with van der Waals surface area (Å²) in [5.41, 5.74) is 3.59. The highest BCUT2D eigenvalue weighted by Crippen LogP contribution is 2.24. The van der Waals surface area contributed by atoms with Crippen LogP contribution < -0.4 is 16.4 Å². The lowest BCUT2D eigenvalue weighted by Crippen LogP contribution is -2.46. The minimum absolute atomic E-state index is 0.294. The number of hydrogen-bond acceptors (Lipinski definition) is 7. The average molecular weight is 507 g/mol. The quantitative estimate of drug-likeness (QED) is 0.482. The van der Waals surface area contributed by atoms with Gasteiger partial charge >= 0.3 is 5.76 Å². The van der Waals surface area contributed by atoms with Gasteiger partial charge in [0.1, 0.15) is 17.7 Å². The third-order valence-corrected chi connectivity index (χ3v) is 6.47. The summed E-state index contributed by atoms with van der Waals surface area (Å²) in [6.07, 6.45) is -0.329. The molecular weight excluding hydrogens is 472 g/mol. The fourth-order valence-corrected chi connectivity index (χ4v) is 4.25. The molecule has 1 fully saturated rings. The van der Waals surface area contributed by atoms with Gasteiger partial charge in [-0.25, -0.2) is 4.79 Å². The van der Waals surface area contributed by atoms with E-state index in [2.05, 4.69) is 30.6 Å². The minimum Gasteiger partial charge on any atom is -0.408 e. The second-order valence-electron chi connectivity index (χ2n) is 10.3. The van der Waals surface area contributed by atoms with Gasteiger partial charge in [0, 0.05) is 33.2 Å². The van der Waals surface area contributed by atoms with Gasteiger partial charge in [0.2, 0.25) is 0 Å². The van der Waals surface area contributed by atoms with Gasteiger partial charge < -0.3 is 24.5 Å². The lowest BCUT2D eigenvalue weighted by atomic mass is 10.0. The van der Waals surface area contributed by atoms with E-state index >= 15 is 0 Å². The SMILES string of the molecule is CC(C)CO[C@@]1(C)CNC[C@@H](C(=O)N[C@H](C#N)Cc2ccc(-c3ccc4oc(=O)n(C)c4c3)cc2)OC1. The van der Waals surface area contributed by atoms with Crippen molar-refractivity contribution in [3.8, 4) is 17.2 Å². The van der Waals surface area contributed by atoms with E-state index < -0.39 is 23.5 Å². The van der Waals surface area contributed by atoms with Crippen LogP contribution in [0.25, 0.3) is 22.2 Å². The van der Waals surface area contributed by atoms with Gasteiger partial charge in [-0.1, -0.05) is 44.2 Å². The molecule has 4 rings (SSSR count). The van der Waals surface area contributed by atoms with Crippen molar-refractivity contribution in [2.24, 2.45) is 13.0 Å². The molecule has 2 aromatic carbocycles. The maximum absolute atomic E-state index is 12.9. The second-order valence-corrected chi connectivity index (χ2v) is 10.3. The number of nitrogens with zero attached hydrogens (tertiary/aromatic N) is 2. The molecule has 0 radical (unpaired) electrons. The molecular formula is C28H34N4O5. The number of nitriles is 1. The highest BCUT2D eigenvalue weighted by Gasteiger charge is 2.33. The molecule has 2 heterocycles. The molecule has 0 aliphatic carbocycles. The Morgan fingerprint density at radius 2 is 2.00 bits per heavy atom. The van der Waals surface area contributed by atoms with Crippen molar-refractivity contribution in [3.05, 3.63) is 58.6 Å². The third kappa shape index (κ3) is 6.46. The number of fused-ring (bicyclic) bond motifs is 1. The summed E-state index contributed by atoms with van der Waals surface area (Å²) >= 11 is 0. The molecule has 0 spiro atoms. The van der Waals surface area contributed by atoms with Crippen LogP contribution in [-0.2, 0) is 27.7 Å². The Kier molecular flexibility index (Phi) is 8.13. The van der Waals surface area contributed by atoms with E-state index in [-0.39, 0.29) is 5.91 Å². The number of carbonyl (C=O) groups excluding carboxylic acids is 1. The minimum atomic E-state index is -0.698. The first-order valence-electron chi connectivity index (χ1n) is 12.5. The largest absolute Gasteiger partial charge is 0.419 e. The summed E-state index contributed by atoms with van der Waals surface area (Å²) in [5.74, 6) is -0.312. The van der Waals surface area contributed by atoms with Gasteiger partial charge in [0.05, 0.1) is 18.2 Å². The Labute approximate surface area is 216 Å². The van der Waals surface area contributed by atoms with Crippen LogP contribution in [0.1, 0.15) is 26.3 Å². The molecule has 1 aliphatic rings. The molecule has 2 N–H and O–H groups in total. The summed E-state index contributed by atoms with van der Waals surface area (Å²) in [6, 6.07) is 14.9. The maximum atomic E-state index is 12.9. The molecule has 9 heteroatoms. The number of ether oxygens (including phenoxy) is 2. The van der Waals surface area contributed by atoms with Crippen LogP contribution in [0.4, 0.5) is 0 Å². The molecule has 0 unspecified atom stereocenters. The maximum Gasteiger partial charge on any atom is 0.419 e. The number of aryl methyl sites for hydroxylation is 1. The number of carbonyl (C=O) groups is 1. The van der Waals surface area contributed by atoms with E-state index in [4.69, 9.17) is 13.9 Å². The Morgan fingerprint density at radius 1 is 1.27 bits per heavy atom. The number of hydrogen-bond donors (Lipinski definition) is 2. The molecule has 0 bridgehead atoms. The van der Waals surface area contributed by atoms with Gasteiger partial charge in [0.15, 0.2) is 5.58 Å². The van der Waals surface area contributed by atoms with Crippen molar-refractivity contribution >= 4 is 17.0 Å². The van der Waals surface area contributed by atoms with Gasteiger partial charge in [0.25, 0.3) is 5.91 Å². The smallest absolute Gasteiger partial charge is 0.408 e. The average Bonchev–Trinajstić information content (AvgIpc) is 3.03. The fourth-order valence-electron chi connectivity index (χ4n) is 4.25. The van der Waals surface area contributed by atoms with Crippen LogP contribution in [0.2, 0.25) is 0 Å². The Balaban J connectivity index is 1.35. The third-order valence-electron chi connectivity index (χ3n) is 6.47. The van der Waals surface area contributed by atoms with Crippen LogP contribution in [-0.4, -0.2) is 54.5 Å². The zero-order chi connectivity index (χ0) is 26.6. The molecule has 1 saturated heterocycles. The van der Waals surface area contributed by atoms with Crippen molar-refractivity contribution in [1.82, 2.24) is 15.2 Å². The van der Waals surface area contributed by atoms with E-state index in [1.54, 1.807) is 13.1 Å². The highest BCUT2D eigenvalue weighted by atomic mass is 16.6. The summed E-state index contributed by atoms with van der Waals surface area (Å²) in [4.78, 5) is 24.6. The Hall–Kier alpha value is -3.45. The first-order valence-corrected chi connectivity index (χ1v) is 12.5. The number of nitrogens with one attached hydrogen (secondary N) is 2. The number of oxazole rings is 1. The van der Waals surface area contributed by atoms with E-state index in [1.807, 2.05) is 43.3 Å². The second kappa shape index (κ2) is 11.3. The molecule has 3 aromatic rings. The molecule has 1 aliphatic heterocycles. The number of amides is 1. The molecule has 0 saturated carbocycles. The van der Waals surface area contributed by atoms with Crippen molar-refractivity contribution in [3.63, 3.8) is 0 Å². The molecule has 37 heavy (non-hydrogen) atoms. The van der Waals surface area contributed by atoms with Crippen molar-refractivity contribution < 1.29 is 18.7 Å². The molecule has 1 amide bonds. The van der Waals surface area contributed by atoms with E-state index in [1.165, 1.54) is 4.57 Å². The van der Waals surface area contributed by atoms with Crippen molar-refractivity contribution in [2.45, 2.75) is 44.9 Å². The molecule has 9 nitrogen and oxygen atoms in total.